The zero-order valence-electron chi connectivity index (χ0n) is 16.0. The molecule has 0 unspecified atom stereocenters. The van der Waals surface area contributed by atoms with Crippen LogP contribution in [-0.2, 0) is 7.05 Å². The van der Waals surface area contributed by atoms with Gasteiger partial charge in [0.15, 0.2) is 0 Å². The number of methoxy groups -OCH3 is 2. The van der Waals surface area contributed by atoms with Crippen molar-refractivity contribution in [2.75, 3.05) is 24.9 Å². The van der Waals surface area contributed by atoms with Crippen molar-refractivity contribution in [1.29, 1.82) is 0 Å². The van der Waals surface area contributed by atoms with E-state index in [1.165, 1.54) is 37.4 Å². The first kappa shape index (κ1) is 19.9. The van der Waals surface area contributed by atoms with Gasteiger partial charge in [-0.1, -0.05) is 0 Å². The zero-order chi connectivity index (χ0) is 21.0. The minimum Gasteiger partial charge on any atom is -0.497 e. The fraction of sp³-hybridized carbons (Fsp3) is 0.150. The number of benzene rings is 2. The number of aryl methyl sites for hydroxylation is 1. The number of hydrogen-bond donors (Lipinski definition) is 2. The van der Waals surface area contributed by atoms with Gasteiger partial charge in [0.2, 0.25) is 0 Å². The van der Waals surface area contributed by atoms with Crippen LogP contribution in [0.25, 0.3) is 0 Å². The molecule has 150 valence electrons. The van der Waals surface area contributed by atoms with Crippen molar-refractivity contribution in [3.05, 3.63) is 66.0 Å². The van der Waals surface area contributed by atoms with Crippen molar-refractivity contribution in [2.45, 2.75) is 0 Å². The number of amides is 2. The molecular weight excluding hydrogens is 379 g/mol. The molecule has 1 heterocycles. The second-order valence-corrected chi connectivity index (χ2v) is 6.09. The number of ether oxygens (including phenoxy) is 2. The minimum atomic E-state index is -0.667. The third kappa shape index (κ3) is 4.52. The average molecular weight is 398 g/mol. The summed E-state index contributed by atoms with van der Waals surface area (Å²) in [4.78, 5) is 28.8. The minimum absolute atomic E-state index is 0.0307. The van der Waals surface area contributed by atoms with Gasteiger partial charge in [0.05, 0.1) is 32.4 Å². The van der Waals surface area contributed by atoms with Crippen LogP contribution in [0.15, 0.2) is 48.9 Å². The maximum atomic E-state index is 14.1. The molecule has 2 N–H and O–H groups in total. The normalized spacial score (nSPS) is 10.3. The van der Waals surface area contributed by atoms with Crippen molar-refractivity contribution < 1.29 is 23.5 Å². The molecule has 3 aromatic rings. The number of nitrogens with one attached hydrogen (secondary N) is 2. The highest BCUT2D eigenvalue weighted by Crippen LogP contribution is 2.29. The second-order valence-electron chi connectivity index (χ2n) is 6.09. The van der Waals surface area contributed by atoms with E-state index < -0.39 is 17.6 Å². The van der Waals surface area contributed by atoms with E-state index in [4.69, 9.17) is 9.47 Å². The Kier molecular flexibility index (Phi) is 5.77. The van der Waals surface area contributed by atoms with E-state index in [2.05, 4.69) is 15.6 Å². The summed E-state index contributed by atoms with van der Waals surface area (Å²) in [5, 5.41) is 5.22. The molecule has 0 aliphatic carbocycles. The van der Waals surface area contributed by atoms with E-state index in [9.17, 15) is 14.0 Å². The molecule has 0 fully saturated rings. The summed E-state index contributed by atoms with van der Waals surface area (Å²) >= 11 is 0. The van der Waals surface area contributed by atoms with Crippen LogP contribution in [0.4, 0.5) is 15.8 Å². The summed E-state index contributed by atoms with van der Waals surface area (Å²) in [7, 11) is 4.63. The average Bonchev–Trinajstić information content (AvgIpc) is 3.13. The highest BCUT2D eigenvalue weighted by molar-refractivity contribution is 6.07. The third-order valence-electron chi connectivity index (χ3n) is 4.12. The quantitative estimate of drug-likeness (QED) is 0.666. The second kappa shape index (κ2) is 8.42. The molecule has 0 radical (unpaired) electrons. The van der Waals surface area contributed by atoms with Gasteiger partial charge in [0.25, 0.3) is 11.8 Å². The van der Waals surface area contributed by atoms with Crippen LogP contribution in [0, 0.1) is 5.82 Å². The molecule has 0 spiro atoms. The number of carbonyl (C=O) groups excluding carboxylic acids is 2. The molecule has 2 amide bonds. The van der Waals surface area contributed by atoms with E-state index in [1.54, 1.807) is 25.2 Å². The number of imidazole rings is 1. The molecule has 9 heteroatoms. The fourth-order valence-corrected chi connectivity index (χ4v) is 2.66. The first-order chi connectivity index (χ1) is 13.9. The maximum Gasteiger partial charge on any atom is 0.273 e. The Morgan fingerprint density at radius 2 is 1.83 bits per heavy atom. The SMILES string of the molecule is COc1ccc(NC(=O)c2cc(F)cc(NC(=O)c3cncn3C)c2)c(OC)c1. The molecule has 0 aliphatic rings. The van der Waals surface area contributed by atoms with E-state index in [-0.39, 0.29) is 11.3 Å². The Balaban J connectivity index is 1.81. The van der Waals surface area contributed by atoms with E-state index in [0.29, 0.717) is 22.9 Å². The third-order valence-corrected chi connectivity index (χ3v) is 4.12. The summed E-state index contributed by atoms with van der Waals surface area (Å²) < 4.78 is 25.9. The van der Waals surface area contributed by atoms with Crippen LogP contribution in [0.2, 0.25) is 0 Å². The Labute approximate surface area is 166 Å². The van der Waals surface area contributed by atoms with Crippen LogP contribution in [0.1, 0.15) is 20.8 Å². The van der Waals surface area contributed by atoms with Gasteiger partial charge >= 0.3 is 0 Å². The Morgan fingerprint density at radius 1 is 1.03 bits per heavy atom. The number of aromatic nitrogens is 2. The predicted molar refractivity (Wildman–Crippen MR) is 105 cm³/mol. The molecule has 29 heavy (non-hydrogen) atoms. The van der Waals surface area contributed by atoms with Crippen molar-refractivity contribution in [3.8, 4) is 11.5 Å². The molecule has 3 rings (SSSR count). The van der Waals surface area contributed by atoms with E-state index >= 15 is 0 Å². The highest BCUT2D eigenvalue weighted by atomic mass is 19.1. The molecule has 0 aliphatic heterocycles. The van der Waals surface area contributed by atoms with Gasteiger partial charge < -0.3 is 24.7 Å². The van der Waals surface area contributed by atoms with E-state index in [1.807, 2.05) is 0 Å². The molecule has 2 aromatic carbocycles. The van der Waals surface area contributed by atoms with Crippen molar-refractivity contribution in [1.82, 2.24) is 9.55 Å². The highest BCUT2D eigenvalue weighted by Gasteiger charge is 2.15. The van der Waals surface area contributed by atoms with Crippen molar-refractivity contribution >= 4 is 23.2 Å². The van der Waals surface area contributed by atoms with Crippen LogP contribution in [-0.4, -0.2) is 35.6 Å². The van der Waals surface area contributed by atoms with E-state index in [0.717, 1.165) is 12.1 Å². The topological polar surface area (TPSA) is 94.5 Å². The molecule has 0 saturated heterocycles. The summed E-state index contributed by atoms with van der Waals surface area (Å²) in [6.45, 7) is 0. The number of halogens is 1. The number of hydrogen-bond acceptors (Lipinski definition) is 5. The molecule has 0 bridgehead atoms. The van der Waals surface area contributed by atoms with Crippen LogP contribution in [0.3, 0.4) is 0 Å². The number of anilines is 2. The van der Waals surface area contributed by atoms with Gasteiger partial charge in [-0.15, -0.1) is 0 Å². The summed E-state index contributed by atoms with van der Waals surface area (Å²) in [6, 6.07) is 8.46. The van der Waals surface area contributed by atoms with Crippen molar-refractivity contribution in [2.24, 2.45) is 7.05 Å². The fourth-order valence-electron chi connectivity index (χ4n) is 2.66. The lowest BCUT2D eigenvalue weighted by molar-refractivity contribution is 0.101. The van der Waals surface area contributed by atoms with Crippen molar-refractivity contribution in [3.63, 3.8) is 0 Å². The molecule has 1 aromatic heterocycles. The Morgan fingerprint density at radius 3 is 2.48 bits per heavy atom. The number of nitrogens with zero attached hydrogens (tertiary/aromatic N) is 2. The van der Waals surface area contributed by atoms with Crippen LogP contribution in [0.5, 0.6) is 11.5 Å². The Bertz CT molecular complexity index is 1060. The number of carbonyl (C=O) groups is 2. The monoisotopic (exact) mass is 398 g/mol. The van der Waals surface area contributed by atoms with Gasteiger partial charge in [-0.05, 0) is 30.3 Å². The molecule has 0 atom stereocenters. The lowest BCUT2D eigenvalue weighted by atomic mass is 10.1. The number of rotatable bonds is 6. The molecule has 0 saturated carbocycles. The lowest BCUT2D eigenvalue weighted by Crippen LogP contribution is -2.17. The zero-order valence-corrected chi connectivity index (χ0v) is 16.0. The summed E-state index contributed by atoms with van der Waals surface area (Å²) in [5.41, 5.74) is 0.859. The first-order valence-corrected chi connectivity index (χ1v) is 8.53. The summed E-state index contributed by atoms with van der Waals surface area (Å²) in [5.74, 6) is -0.757. The lowest BCUT2D eigenvalue weighted by Gasteiger charge is -2.12. The molecule has 8 nitrogen and oxygen atoms in total. The standard InChI is InChI=1S/C20H19FN4O4/c1-25-11-22-10-17(25)20(27)23-14-7-12(6-13(21)8-14)19(26)24-16-5-4-15(28-2)9-18(16)29-3/h4-11H,1-3H3,(H,23,27)(H,24,26). The van der Waals surface area contributed by atoms with Gasteiger partial charge in [-0.25, -0.2) is 9.37 Å². The van der Waals surface area contributed by atoms with Gasteiger partial charge in [0, 0.05) is 24.4 Å². The predicted octanol–water partition coefficient (Wildman–Crippen LogP) is 3.08. The van der Waals surface area contributed by atoms with Crippen LogP contribution >= 0.6 is 0 Å². The van der Waals surface area contributed by atoms with Crippen LogP contribution < -0.4 is 20.1 Å². The van der Waals surface area contributed by atoms with Gasteiger partial charge in [-0.3, -0.25) is 9.59 Å². The van der Waals surface area contributed by atoms with Gasteiger partial charge in [0.1, 0.15) is 23.0 Å². The molecular formula is C20H19FN4O4. The Hall–Kier alpha value is -3.88. The van der Waals surface area contributed by atoms with Gasteiger partial charge in [-0.2, -0.15) is 0 Å². The first-order valence-electron chi connectivity index (χ1n) is 8.53. The smallest absolute Gasteiger partial charge is 0.273 e. The summed E-state index contributed by atoms with van der Waals surface area (Å²) in [6.07, 6.45) is 2.86. The largest absolute Gasteiger partial charge is 0.497 e. The maximum absolute atomic E-state index is 14.1.